The zero-order valence-corrected chi connectivity index (χ0v) is 10.3. The second-order valence-corrected chi connectivity index (χ2v) is 4.55. The van der Waals surface area contributed by atoms with Crippen LogP contribution in [0.1, 0.15) is 22.2 Å². The lowest BCUT2D eigenvalue weighted by Gasteiger charge is -2.05. The predicted octanol–water partition coefficient (Wildman–Crippen LogP) is 3.27. The molecule has 0 aliphatic carbocycles. The number of hydrogen-bond acceptors (Lipinski definition) is 3. The third kappa shape index (κ3) is 2.65. The van der Waals surface area contributed by atoms with Crippen molar-refractivity contribution in [2.75, 3.05) is 5.32 Å². The number of rotatable bonds is 3. The maximum Gasteiger partial charge on any atom is 0.266 e. The fourth-order valence-corrected chi connectivity index (χ4v) is 2.48. The van der Waals surface area contributed by atoms with Crippen LogP contribution in [-0.4, -0.2) is 11.0 Å². The van der Waals surface area contributed by atoms with Crippen LogP contribution < -0.4 is 5.32 Å². The molecule has 0 saturated carbocycles. The number of carbonyl (C=O) groups is 1. The number of anilines is 1. The standard InChI is InChI=1S/C13H13NO2S/c1-2-9-6-7-17-12(9)13(16)14-10-4-3-5-11(15)8-10/h3-8,15H,2H2,1H3,(H,14,16). The molecule has 88 valence electrons. The SMILES string of the molecule is CCc1ccsc1C(=O)Nc1cccc(O)c1. The monoisotopic (exact) mass is 247 g/mol. The first-order valence-electron chi connectivity index (χ1n) is 5.37. The highest BCUT2D eigenvalue weighted by Crippen LogP contribution is 2.21. The van der Waals surface area contributed by atoms with E-state index in [-0.39, 0.29) is 11.7 Å². The van der Waals surface area contributed by atoms with Gasteiger partial charge in [0.25, 0.3) is 5.91 Å². The molecule has 0 aliphatic rings. The molecule has 2 rings (SSSR count). The molecule has 1 aromatic carbocycles. The molecule has 0 fully saturated rings. The van der Waals surface area contributed by atoms with Gasteiger partial charge in [-0.3, -0.25) is 4.79 Å². The molecule has 0 saturated heterocycles. The highest BCUT2D eigenvalue weighted by atomic mass is 32.1. The summed E-state index contributed by atoms with van der Waals surface area (Å²) in [6.07, 6.45) is 0.840. The Hall–Kier alpha value is -1.81. The third-order valence-electron chi connectivity index (χ3n) is 2.44. The summed E-state index contributed by atoms with van der Waals surface area (Å²) in [5.41, 5.74) is 1.65. The first-order valence-corrected chi connectivity index (χ1v) is 6.25. The molecular formula is C13H13NO2S. The second-order valence-electron chi connectivity index (χ2n) is 3.63. The maximum absolute atomic E-state index is 12.0. The van der Waals surface area contributed by atoms with E-state index in [2.05, 4.69) is 5.32 Å². The van der Waals surface area contributed by atoms with Crippen molar-refractivity contribution < 1.29 is 9.90 Å². The number of nitrogens with one attached hydrogen (secondary N) is 1. The first kappa shape index (κ1) is 11.7. The van der Waals surface area contributed by atoms with Crippen LogP contribution in [0.2, 0.25) is 0 Å². The maximum atomic E-state index is 12.0. The Bertz CT molecular complexity index is 534. The van der Waals surface area contributed by atoms with Crippen molar-refractivity contribution in [3.63, 3.8) is 0 Å². The number of amides is 1. The van der Waals surface area contributed by atoms with Gasteiger partial charge in [-0.25, -0.2) is 0 Å². The zero-order valence-electron chi connectivity index (χ0n) is 9.43. The Balaban J connectivity index is 2.17. The van der Waals surface area contributed by atoms with E-state index in [9.17, 15) is 9.90 Å². The molecule has 2 N–H and O–H groups in total. The van der Waals surface area contributed by atoms with E-state index in [4.69, 9.17) is 0 Å². The lowest BCUT2D eigenvalue weighted by molar-refractivity contribution is 0.103. The minimum atomic E-state index is -0.123. The summed E-state index contributed by atoms with van der Waals surface area (Å²) < 4.78 is 0. The number of thiophene rings is 1. The highest BCUT2D eigenvalue weighted by Gasteiger charge is 2.12. The average molecular weight is 247 g/mol. The molecule has 0 spiro atoms. The van der Waals surface area contributed by atoms with Gasteiger partial charge in [0, 0.05) is 11.8 Å². The van der Waals surface area contributed by atoms with Crippen molar-refractivity contribution in [1.82, 2.24) is 0 Å². The Morgan fingerprint density at radius 2 is 2.24 bits per heavy atom. The van der Waals surface area contributed by atoms with E-state index in [1.165, 1.54) is 17.4 Å². The fraction of sp³-hybridized carbons (Fsp3) is 0.154. The number of hydrogen-bond donors (Lipinski definition) is 2. The van der Waals surface area contributed by atoms with Crippen LogP contribution in [0.15, 0.2) is 35.7 Å². The van der Waals surface area contributed by atoms with Gasteiger partial charge in [0.15, 0.2) is 0 Å². The summed E-state index contributed by atoms with van der Waals surface area (Å²) in [4.78, 5) is 12.7. The number of aromatic hydroxyl groups is 1. The van der Waals surface area contributed by atoms with Crippen LogP contribution in [0.5, 0.6) is 5.75 Å². The molecule has 17 heavy (non-hydrogen) atoms. The topological polar surface area (TPSA) is 49.3 Å². The van der Waals surface area contributed by atoms with E-state index in [1.54, 1.807) is 18.2 Å². The molecule has 3 nitrogen and oxygen atoms in total. The number of phenols is 1. The molecule has 0 radical (unpaired) electrons. The van der Waals surface area contributed by atoms with Crippen molar-refractivity contribution in [1.29, 1.82) is 0 Å². The summed E-state index contributed by atoms with van der Waals surface area (Å²) >= 11 is 1.43. The first-order chi connectivity index (χ1) is 8.20. The van der Waals surface area contributed by atoms with Crippen LogP contribution in [0.4, 0.5) is 5.69 Å². The summed E-state index contributed by atoms with van der Waals surface area (Å²) in [6, 6.07) is 8.49. The van der Waals surface area contributed by atoms with Gasteiger partial charge < -0.3 is 10.4 Å². The highest BCUT2D eigenvalue weighted by molar-refractivity contribution is 7.12. The van der Waals surface area contributed by atoms with Gasteiger partial charge in [-0.05, 0) is 35.6 Å². The van der Waals surface area contributed by atoms with Crippen molar-refractivity contribution in [3.8, 4) is 5.75 Å². The van der Waals surface area contributed by atoms with Gasteiger partial charge in [-0.1, -0.05) is 13.0 Å². The Morgan fingerprint density at radius 3 is 2.94 bits per heavy atom. The molecule has 0 bridgehead atoms. The van der Waals surface area contributed by atoms with Crippen LogP contribution in [0.3, 0.4) is 0 Å². The van der Waals surface area contributed by atoms with Crippen LogP contribution in [-0.2, 0) is 6.42 Å². The van der Waals surface area contributed by atoms with Gasteiger partial charge in [0.2, 0.25) is 0 Å². The summed E-state index contributed by atoms with van der Waals surface area (Å²) in [5, 5.41) is 14.0. The minimum Gasteiger partial charge on any atom is -0.508 e. The average Bonchev–Trinajstić information content (AvgIpc) is 2.77. The minimum absolute atomic E-state index is 0.123. The Morgan fingerprint density at radius 1 is 1.41 bits per heavy atom. The molecular weight excluding hydrogens is 234 g/mol. The molecule has 4 heteroatoms. The van der Waals surface area contributed by atoms with E-state index >= 15 is 0 Å². The van der Waals surface area contributed by atoms with E-state index in [0.29, 0.717) is 5.69 Å². The molecule has 2 aromatic rings. The van der Waals surface area contributed by atoms with E-state index < -0.39 is 0 Å². The third-order valence-corrected chi connectivity index (χ3v) is 3.39. The molecule has 0 aliphatic heterocycles. The van der Waals surface area contributed by atoms with E-state index in [1.807, 2.05) is 18.4 Å². The predicted molar refractivity (Wildman–Crippen MR) is 69.8 cm³/mol. The van der Waals surface area contributed by atoms with Gasteiger partial charge in [-0.2, -0.15) is 0 Å². The molecule has 1 amide bonds. The Labute approximate surface area is 104 Å². The number of aryl methyl sites for hydroxylation is 1. The lowest BCUT2D eigenvalue weighted by Crippen LogP contribution is -2.11. The van der Waals surface area contributed by atoms with Crippen molar-refractivity contribution >= 4 is 22.9 Å². The van der Waals surface area contributed by atoms with E-state index in [0.717, 1.165) is 16.9 Å². The number of benzene rings is 1. The van der Waals surface area contributed by atoms with Gasteiger partial charge in [0.05, 0.1) is 4.88 Å². The van der Waals surface area contributed by atoms with Crippen LogP contribution in [0, 0.1) is 0 Å². The fourth-order valence-electron chi connectivity index (χ4n) is 1.58. The second kappa shape index (κ2) is 5.01. The van der Waals surface area contributed by atoms with Crippen LogP contribution >= 0.6 is 11.3 Å². The summed E-state index contributed by atoms with van der Waals surface area (Å²) in [6.45, 7) is 2.02. The normalized spacial score (nSPS) is 10.2. The van der Waals surface area contributed by atoms with Gasteiger partial charge >= 0.3 is 0 Å². The van der Waals surface area contributed by atoms with Crippen LogP contribution in [0.25, 0.3) is 0 Å². The Kier molecular flexibility index (Phi) is 3.44. The van der Waals surface area contributed by atoms with Crippen molar-refractivity contribution in [3.05, 3.63) is 46.2 Å². The lowest BCUT2D eigenvalue weighted by atomic mass is 10.2. The van der Waals surface area contributed by atoms with Crippen molar-refractivity contribution in [2.45, 2.75) is 13.3 Å². The summed E-state index contributed by atoms with van der Waals surface area (Å²) in [7, 11) is 0. The number of carbonyl (C=O) groups excluding carboxylic acids is 1. The van der Waals surface area contributed by atoms with Crippen molar-refractivity contribution in [2.24, 2.45) is 0 Å². The zero-order chi connectivity index (χ0) is 12.3. The van der Waals surface area contributed by atoms with Gasteiger partial charge in [0.1, 0.15) is 5.75 Å². The largest absolute Gasteiger partial charge is 0.508 e. The van der Waals surface area contributed by atoms with Gasteiger partial charge in [-0.15, -0.1) is 11.3 Å². The number of phenolic OH excluding ortho intramolecular Hbond substituents is 1. The molecule has 0 atom stereocenters. The molecule has 1 heterocycles. The summed E-state index contributed by atoms with van der Waals surface area (Å²) in [5.74, 6) is 0.0205. The molecule has 0 unspecified atom stereocenters. The smallest absolute Gasteiger partial charge is 0.266 e. The quantitative estimate of drug-likeness (QED) is 0.874. The molecule has 1 aromatic heterocycles.